The summed E-state index contributed by atoms with van der Waals surface area (Å²) in [6.45, 7) is 2.90. The average Bonchev–Trinajstić information content (AvgIpc) is 2.75. The summed E-state index contributed by atoms with van der Waals surface area (Å²) in [4.78, 5) is 13.6. The largest absolute Gasteiger partial charge is 0.354 e. The second kappa shape index (κ2) is 3.91. The molecule has 2 aliphatic rings. The smallest absolute Gasteiger partial charge is 0.221 e. The van der Waals surface area contributed by atoms with Gasteiger partial charge in [-0.2, -0.15) is 0 Å². The summed E-state index contributed by atoms with van der Waals surface area (Å²) in [5, 5.41) is 2.91. The molecule has 1 aromatic carbocycles. The first-order valence-electron chi connectivity index (χ1n) is 5.90. The Morgan fingerprint density at radius 1 is 1.25 bits per heavy atom. The van der Waals surface area contributed by atoms with E-state index < -0.39 is 0 Å². The van der Waals surface area contributed by atoms with Gasteiger partial charge in [0, 0.05) is 32.1 Å². The second-order valence-corrected chi connectivity index (χ2v) is 4.65. The van der Waals surface area contributed by atoms with Crippen molar-refractivity contribution in [2.45, 2.75) is 25.4 Å². The number of nitrogens with one attached hydrogen (secondary N) is 1. The minimum Gasteiger partial charge on any atom is -0.354 e. The summed E-state index contributed by atoms with van der Waals surface area (Å²) >= 11 is 0. The van der Waals surface area contributed by atoms with Crippen LogP contribution in [0.1, 0.15) is 17.5 Å². The van der Waals surface area contributed by atoms with Crippen molar-refractivity contribution < 1.29 is 4.79 Å². The minimum absolute atomic E-state index is 0.198. The lowest BCUT2D eigenvalue weighted by Gasteiger charge is -2.32. The molecule has 1 atom stereocenters. The van der Waals surface area contributed by atoms with Gasteiger partial charge in [0.15, 0.2) is 0 Å². The molecule has 0 saturated carbocycles. The Kier molecular flexibility index (Phi) is 2.40. The van der Waals surface area contributed by atoms with Gasteiger partial charge in [0.2, 0.25) is 5.91 Å². The van der Waals surface area contributed by atoms with Crippen molar-refractivity contribution in [1.29, 1.82) is 0 Å². The molecule has 0 aromatic heterocycles. The Morgan fingerprint density at radius 3 is 2.81 bits per heavy atom. The minimum atomic E-state index is 0.198. The summed E-state index contributed by atoms with van der Waals surface area (Å²) in [6, 6.07) is 9.02. The fraction of sp³-hybridized carbons (Fsp3) is 0.462. The van der Waals surface area contributed by atoms with Crippen LogP contribution >= 0.6 is 0 Å². The number of nitrogens with zero attached hydrogens (tertiary/aromatic N) is 1. The van der Waals surface area contributed by atoms with Crippen LogP contribution in [-0.2, 0) is 17.8 Å². The Labute approximate surface area is 95.4 Å². The maximum Gasteiger partial charge on any atom is 0.221 e. The van der Waals surface area contributed by atoms with Crippen molar-refractivity contribution in [2.24, 2.45) is 0 Å². The molecule has 0 bridgehead atoms. The number of benzene rings is 1. The van der Waals surface area contributed by atoms with E-state index in [4.69, 9.17) is 0 Å². The zero-order valence-corrected chi connectivity index (χ0v) is 9.28. The zero-order chi connectivity index (χ0) is 11.0. The van der Waals surface area contributed by atoms with E-state index in [1.807, 2.05) is 0 Å². The van der Waals surface area contributed by atoms with E-state index in [9.17, 15) is 4.79 Å². The number of fused-ring (bicyclic) bond motifs is 1. The van der Waals surface area contributed by atoms with Crippen LogP contribution in [0, 0.1) is 0 Å². The van der Waals surface area contributed by atoms with Crippen LogP contribution in [0.4, 0.5) is 0 Å². The highest BCUT2D eigenvalue weighted by atomic mass is 16.1. The average molecular weight is 216 g/mol. The van der Waals surface area contributed by atoms with Crippen LogP contribution < -0.4 is 5.32 Å². The molecule has 0 aliphatic carbocycles. The molecule has 16 heavy (non-hydrogen) atoms. The maximum absolute atomic E-state index is 11.2. The predicted molar refractivity (Wildman–Crippen MR) is 62.0 cm³/mol. The van der Waals surface area contributed by atoms with E-state index in [2.05, 4.69) is 34.5 Å². The second-order valence-electron chi connectivity index (χ2n) is 4.65. The van der Waals surface area contributed by atoms with Crippen molar-refractivity contribution in [1.82, 2.24) is 10.2 Å². The molecule has 0 radical (unpaired) electrons. The molecule has 1 N–H and O–H groups in total. The monoisotopic (exact) mass is 216 g/mol. The molecule has 1 amide bonds. The summed E-state index contributed by atoms with van der Waals surface area (Å²) in [5.74, 6) is 0.198. The summed E-state index contributed by atoms with van der Waals surface area (Å²) in [7, 11) is 0. The van der Waals surface area contributed by atoms with Gasteiger partial charge in [-0.05, 0) is 17.5 Å². The molecule has 84 valence electrons. The molecule has 0 spiro atoms. The van der Waals surface area contributed by atoms with Crippen LogP contribution in [0.2, 0.25) is 0 Å². The molecular weight excluding hydrogens is 200 g/mol. The van der Waals surface area contributed by atoms with Crippen LogP contribution in [0.25, 0.3) is 0 Å². The molecule has 2 aliphatic heterocycles. The summed E-state index contributed by atoms with van der Waals surface area (Å²) in [6.07, 6.45) is 1.78. The number of hydrogen-bond donors (Lipinski definition) is 1. The lowest BCUT2D eigenvalue weighted by Crippen LogP contribution is -2.40. The van der Waals surface area contributed by atoms with Gasteiger partial charge in [-0.1, -0.05) is 24.3 Å². The van der Waals surface area contributed by atoms with Gasteiger partial charge in [-0.25, -0.2) is 0 Å². The normalized spacial score (nSPS) is 25.2. The summed E-state index contributed by atoms with van der Waals surface area (Å²) < 4.78 is 0. The first-order chi connectivity index (χ1) is 7.83. The molecule has 1 unspecified atom stereocenters. The fourth-order valence-corrected chi connectivity index (χ4v) is 2.68. The number of hydrogen-bond acceptors (Lipinski definition) is 2. The van der Waals surface area contributed by atoms with E-state index in [1.165, 1.54) is 11.1 Å². The summed E-state index contributed by atoms with van der Waals surface area (Å²) in [5.41, 5.74) is 2.89. The van der Waals surface area contributed by atoms with Crippen molar-refractivity contribution in [3.63, 3.8) is 0 Å². The fourth-order valence-electron chi connectivity index (χ4n) is 2.68. The van der Waals surface area contributed by atoms with Crippen molar-refractivity contribution >= 4 is 5.91 Å². The quantitative estimate of drug-likeness (QED) is 0.757. The van der Waals surface area contributed by atoms with Gasteiger partial charge in [0.05, 0.1) is 0 Å². The third kappa shape index (κ3) is 1.71. The molecule has 3 nitrogen and oxygen atoms in total. The van der Waals surface area contributed by atoms with Crippen LogP contribution in [0.3, 0.4) is 0 Å². The number of carbonyl (C=O) groups is 1. The van der Waals surface area contributed by atoms with E-state index >= 15 is 0 Å². The molecule has 1 fully saturated rings. The zero-order valence-electron chi connectivity index (χ0n) is 9.28. The van der Waals surface area contributed by atoms with Gasteiger partial charge in [-0.15, -0.1) is 0 Å². The molecule has 3 rings (SSSR count). The van der Waals surface area contributed by atoms with Gasteiger partial charge >= 0.3 is 0 Å². The third-order valence-corrected chi connectivity index (χ3v) is 3.63. The Hall–Kier alpha value is -1.35. The van der Waals surface area contributed by atoms with Crippen LogP contribution in [0.15, 0.2) is 24.3 Å². The highest BCUT2D eigenvalue weighted by Crippen LogP contribution is 2.22. The highest BCUT2D eigenvalue weighted by Gasteiger charge is 2.29. The van der Waals surface area contributed by atoms with E-state index in [0.717, 1.165) is 26.1 Å². The van der Waals surface area contributed by atoms with Crippen molar-refractivity contribution in [3.8, 4) is 0 Å². The van der Waals surface area contributed by atoms with Gasteiger partial charge in [0.1, 0.15) is 0 Å². The highest BCUT2D eigenvalue weighted by molar-refractivity contribution is 5.78. The van der Waals surface area contributed by atoms with Gasteiger partial charge in [0.25, 0.3) is 0 Å². The first-order valence-corrected chi connectivity index (χ1v) is 5.90. The number of rotatable bonds is 1. The van der Waals surface area contributed by atoms with Crippen molar-refractivity contribution in [2.75, 3.05) is 13.1 Å². The van der Waals surface area contributed by atoms with Crippen LogP contribution in [0.5, 0.6) is 0 Å². The maximum atomic E-state index is 11.2. The molecular formula is C13H16N2O. The third-order valence-electron chi connectivity index (χ3n) is 3.63. The topological polar surface area (TPSA) is 32.3 Å². The SMILES string of the molecule is O=C1CC(N2CCc3ccccc3C2)CN1. The van der Waals surface area contributed by atoms with Gasteiger partial charge < -0.3 is 5.32 Å². The first kappa shape index (κ1) is 9.85. The predicted octanol–water partition coefficient (Wildman–Crippen LogP) is 0.933. The van der Waals surface area contributed by atoms with Crippen LogP contribution in [-0.4, -0.2) is 29.9 Å². The molecule has 1 saturated heterocycles. The van der Waals surface area contributed by atoms with E-state index in [0.29, 0.717) is 12.5 Å². The Bertz CT molecular complexity index is 416. The molecule has 2 heterocycles. The Balaban J connectivity index is 1.75. The number of carbonyl (C=O) groups excluding carboxylic acids is 1. The Morgan fingerprint density at radius 2 is 2.06 bits per heavy atom. The van der Waals surface area contributed by atoms with Crippen molar-refractivity contribution in [3.05, 3.63) is 35.4 Å². The lowest BCUT2D eigenvalue weighted by molar-refractivity contribution is -0.119. The molecule has 1 aromatic rings. The van der Waals surface area contributed by atoms with E-state index in [-0.39, 0.29) is 5.91 Å². The number of amides is 1. The molecule has 3 heteroatoms. The lowest BCUT2D eigenvalue weighted by atomic mass is 9.98. The van der Waals surface area contributed by atoms with E-state index in [1.54, 1.807) is 0 Å². The van der Waals surface area contributed by atoms with Gasteiger partial charge in [-0.3, -0.25) is 9.69 Å². The standard InChI is InChI=1S/C13H16N2O/c16-13-7-12(8-14-13)15-6-5-10-3-1-2-4-11(10)9-15/h1-4,12H,5-9H2,(H,14,16).